The highest BCUT2D eigenvalue weighted by atomic mass is 127. The zero-order chi connectivity index (χ0) is 12.0. The summed E-state index contributed by atoms with van der Waals surface area (Å²) < 4.78 is 11.9. The molecule has 0 spiro atoms. The van der Waals surface area contributed by atoms with Crippen molar-refractivity contribution < 1.29 is 14.7 Å². The van der Waals surface area contributed by atoms with Crippen molar-refractivity contribution in [1.82, 2.24) is 0 Å². The number of nitrogens with zero attached hydrogens (tertiary/aromatic N) is 1. The summed E-state index contributed by atoms with van der Waals surface area (Å²) in [4.78, 5) is 0. The van der Waals surface area contributed by atoms with Crippen molar-refractivity contribution in [3.63, 3.8) is 0 Å². The van der Waals surface area contributed by atoms with Gasteiger partial charge in [-0.15, -0.1) is 0 Å². The van der Waals surface area contributed by atoms with Gasteiger partial charge in [0, 0.05) is 5.56 Å². The van der Waals surface area contributed by atoms with E-state index < -0.39 is 0 Å². The molecule has 0 atom stereocenters. The highest BCUT2D eigenvalue weighted by Crippen LogP contribution is 2.33. The fraction of sp³-hybridized carbons (Fsp3) is 0.364. The molecule has 1 N–H and O–H groups in total. The molecule has 0 saturated heterocycles. The molecular formula is C11H14INO3. The highest BCUT2D eigenvalue weighted by Gasteiger charge is 2.10. The Balaban J connectivity index is 3.15. The van der Waals surface area contributed by atoms with E-state index in [1.807, 2.05) is 19.9 Å². The molecular weight excluding hydrogens is 321 g/mol. The van der Waals surface area contributed by atoms with E-state index in [1.165, 1.54) is 6.21 Å². The first kappa shape index (κ1) is 13.1. The molecule has 0 aliphatic carbocycles. The zero-order valence-corrected chi connectivity index (χ0v) is 11.4. The van der Waals surface area contributed by atoms with Crippen molar-refractivity contribution >= 4 is 28.8 Å². The number of oxime groups is 1. The van der Waals surface area contributed by atoms with Gasteiger partial charge in [-0.1, -0.05) is 5.16 Å². The lowest BCUT2D eigenvalue weighted by molar-refractivity contribution is 0.286. The largest absolute Gasteiger partial charge is 0.490 e. The van der Waals surface area contributed by atoms with Crippen LogP contribution in [0.15, 0.2) is 17.3 Å². The average molecular weight is 335 g/mol. The number of hydrogen-bond donors (Lipinski definition) is 1. The molecule has 0 aliphatic heterocycles. The molecule has 4 nitrogen and oxygen atoms in total. The van der Waals surface area contributed by atoms with Crippen LogP contribution in [0.25, 0.3) is 0 Å². The van der Waals surface area contributed by atoms with Crippen LogP contribution in [0.3, 0.4) is 0 Å². The molecule has 0 fully saturated rings. The first-order valence-corrected chi connectivity index (χ1v) is 6.07. The Morgan fingerprint density at radius 1 is 1.31 bits per heavy atom. The SMILES string of the molecule is CCOc1cc(/C=N\O)cc(I)c1OCC. The summed E-state index contributed by atoms with van der Waals surface area (Å²) in [5, 5.41) is 11.5. The number of rotatable bonds is 5. The molecule has 1 aromatic rings. The Morgan fingerprint density at radius 3 is 2.56 bits per heavy atom. The van der Waals surface area contributed by atoms with Crippen LogP contribution < -0.4 is 9.47 Å². The molecule has 0 aliphatic rings. The minimum Gasteiger partial charge on any atom is -0.490 e. The third kappa shape index (κ3) is 3.26. The fourth-order valence-corrected chi connectivity index (χ4v) is 2.06. The third-order valence-corrected chi connectivity index (χ3v) is 2.63. The predicted molar refractivity (Wildman–Crippen MR) is 70.9 cm³/mol. The molecule has 0 amide bonds. The van der Waals surface area contributed by atoms with E-state index in [9.17, 15) is 0 Å². The molecule has 0 aromatic heterocycles. The van der Waals surface area contributed by atoms with Crippen LogP contribution in [-0.4, -0.2) is 24.6 Å². The third-order valence-electron chi connectivity index (χ3n) is 1.83. The molecule has 0 saturated carbocycles. The molecule has 0 bridgehead atoms. The van der Waals surface area contributed by atoms with Crippen molar-refractivity contribution in [2.45, 2.75) is 13.8 Å². The Labute approximate surface area is 108 Å². The van der Waals surface area contributed by atoms with Crippen LogP contribution in [0.1, 0.15) is 19.4 Å². The van der Waals surface area contributed by atoms with Crippen molar-refractivity contribution in [3.8, 4) is 11.5 Å². The fourth-order valence-electron chi connectivity index (χ4n) is 1.28. The first-order chi connectivity index (χ1) is 7.72. The van der Waals surface area contributed by atoms with Crippen molar-refractivity contribution in [3.05, 3.63) is 21.3 Å². The Kier molecular flexibility index (Phi) is 5.37. The maximum atomic E-state index is 8.50. The van der Waals surface area contributed by atoms with Gasteiger partial charge in [-0.3, -0.25) is 0 Å². The van der Waals surface area contributed by atoms with Crippen LogP contribution in [0.2, 0.25) is 0 Å². The van der Waals surface area contributed by atoms with Crippen molar-refractivity contribution in [2.75, 3.05) is 13.2 Å². The summed E-state index contributed by atoms with van der Waals surface area (Å²) in [7, 11) is 0. The van der Waals surface area contributed by atoms with E-state index >= 15 is 0 Å². The lowest BCUT2D eigenvalue weighted by Crippen LogP contribution is -2.01. The minimum atomic E-state index is 0.565. The van der Waals surface area contributed by atoms with Gasteiger partial charge in [0.25, 0.3) is 0 Å². The Morgan fingerprint density at radius 2 is 2.00 bits per heavy atom. The van der Waals surface area contributed by atoms with Gasteiger partial charge in [-0.25, -0.2) is 0 Å². The standard InChI is InChI=1S/C11H14INO3/c1-3-15-10-6-8(7-13-14)5-9(12)11(10)16-4-2/h5-7,14H,3-4H2,1-2H3/b13-7-. The highest BCUT2D eigenvalue weighted by molar-refractivity contribution is 14.1. The second kappa shape index (κ2) is 6.57. The first-order valence-electron chi connectivity index (χ1n) is 4.99. The molecule has 1 aromatic carbocycles. The monoisotopic (exact) mass is 335 g/mol. The summed E-state index contributed by atoms with van der Waals surface area (Å²) in [5.74, 6) is 1.41. The summed E-state index contributed by atoms with van der Waals surface area (Å²) in [6, 6.07) is 3.66. The molecule has 0 heterocycles. The van der Waals surface area contributed by atoms with Crippen LogP contribution in [-0.2, 0) is 0 Å². The van der Waals surface area contributed by atoms with Crippen LogP contribution >= 0.6 is 22.6 Å². The summed E-state index contributed by atoms with van der Waals surface area (Å²) >= 11 is 2.17. The summed E-state index contributed by atoms with van der Waals surface area (Å²) in [5.41, 5.74) is 0.777. The smallest absolute Gasteiger partial charge is 0.174 e. The van der Waals surface area contributed by atoms with Gasteiger partial charge >= 0.3 is 0 Å². The second-order valence-electron chi connectivity index (χ2n) is 2.94. The molecule has 1 rings (SSSR count). The molecule has 0 unspecified atom stereocenters. The summed E-state index contributed by atoms with van der Waals surface area (Å²) in [6.07, 6.45) is 1.36. The van der Waals surface area contributed by atoms with Crippen molar-refractivity contribution in [2.24, 2.45) is 5.16 Å². The van der Waals surface area contributed by atoms with Crippen molar-refractivity contribution in [1.29, 1.82) is 0 Å². The van der Waals surface area contributed by atoms with Gasteiger partial charge in [-0.2, -0.15) is 0 Å². The van der Waals surface area contributed by atoms with Gasteiger partial charge in [0.1, 0.15) is 0 Å². The van der Waals surface area contributed by atoms with E-state index in [4.69, 9.17) is 14.7 Å². The lowest BCUT2D eigenvalue weighted by Gasteiger charge is -2.13. The maximum Gasteiger partial charge on any atom is 0.174 e. The number of halogens is 1. The normalized spacial score (nSPS) is 10.7. The van der Waals surface area contributed by atoms with Gasteiger partial charge < -0.3 is 14.7 Å². The molecule has 0 radical (unpaired) electrons. The average Bonchev–Trinajstić information content (AvgIpc) is 2.24. The molecule has 5 heteroatoms. The van der Waals surface area contributed by atoms with Crippen LogP contribution in [0.4, 0.5) is 0 Å². The zero-order valence-electron chi connectivity index (χ0n) is 9.24. The second-order valence-corrected chi connectivity index (χ2v) is 4.10. The van der Waals surface area contributed by atoms with Gasteiger partial charge in [0.05, 0.1) is 23.0 Å². The van der Waals surface area contributed by atoms with Crippen LogP contribution in [0.5, 0.6) is 11.5 Å². The molecule has 16 heavy (non-hydrogen) atoms. The van der Waals surface area contributed by atoms with E-state index in [-0.39, 0.29) is 0 Å². The van der Waals surface area contributed by atoms with Crippen LogP contribution in [0, 0.1) is 3.57 Å². The summed E-state index contributed by atoms with van der Waals surface area (Å²) in [6.45, 7) is 4.99. The topological polar surface area (TPSA) is 51.0 Å². The van der Waals surface area contributed by atoms with Gasteiger partial charge in [0.15, 0.2) is 11.5 Å². The lowest BCUT2D eigenvalue weighted by atomic mass is 10.2. The quantitative estimate of drug-likeness (QED) is 0.390. The number of hydrogen-bond acceptors (Lipinski definition) is 4. The number of benzene rings is 1. The predicted octanol–water partition coefficient (Wildman–Crippen LogP) is 2.90. The maximum absolute atomic E-state index is 8.50. The molecule has 88 valence electrons. The minimum absolute atomic E-state index is 0.565. The number of ether oxygens (including phenoxy) is 2. The van der Waals surface area contributed by atoms with E-state index in [0.29, 0.717) is 19.0 Å². The Bertz CT molecular complexity index is 380. The van der Waals surface area contributed by atoms with E-state index in [0.717, 1.165) is 14.9 Å². The van der Waals surface area contributed by atoms with Gasteiger partial charge in [0.2, 0.25) is 0 Å². The van der Waals surface area contributed by atoms with Gasteiger partial charge in [-0.05, 0) is 48.6 Å². The Hall–Kier alpha value is -0.980. The van der Waals surface area contributed by atoms with E-state index in [2.05, 4.69) is 27.7 Å². The van der Waals surface area contributed by atoms with E-state index in [1.54, 1.807) is 6.07 Å².